The Labute approximate surface area is 159 Å². The highest BCUT2D eigenvalue weighted by atomic mass is 16.5. The summed E-state index contributed by atoms with van der Waals surface area (Å²) in [5, 5.41) is 3.07. The van der Waals surface area contributed by atoms with Crippen LogP contribution in [0.5, 0.6) is 11.5 Å². The van der Waals surface area contributed by atoms with Crippen molar-refractivity contribution in [2.24, 2.45) is 10.7 Å². The second-order valence-electron chi connectivity index (χ2n) is 5.94. The van der Waals surface area contributed by atoms with E-state index in [0.717, 1.165) is 28.3 Å². The number of hydrogen-bond donors (Lipinski definition) is 2. The molecule has 0 aliphatic carbocycles. The minimum absolute atomic E-state index is 0.334. The number of nitrogens with one attached hydrogen (secondary N) is 1. The number of para-hydroxylation sites is 1. The second-order valence-corrected chi connectivity index (χ2v) is 5.94. The van der Waals surface area contributed by atoms with E-state index >= 15 is 0 Å². The van der Waals surface area contributed by atoms with Gasteiger partial charge in [0.2, 0.25) is 0 Å². The lowest BCUT2D eigenvalue weighted by Gasteiger charge is -2.11. The maximum Gasteiger partial charge on any atom is 0.193 e. The molecule has 3 aromatic rings. The van der Waals surface area contributed by atoms with Crippen molar-refractivity contribution in [2.45, 2.75) is 13.2 Å². The fraction of sp³-hybridized carbons (Fsp3) is 0.136. The van der Waals surface area contributed by atoms with Gasteiger partial charge in [0.15, 0.2) is 5.96 Å². The summed E-state index contributed by atoms with van der Waals surface area (Å²) in [5.41, 5.74) is 8.94. The Balaban J connectivity index is 1.63. The summed E-state index contributed by atoms with van der Waals surface area (Å²) >= 11 is 0. The SMILES string of the molecule is COc1cccc(NC(N)=NCc2ccccc2OCc2ccccc2)c1. The van der Waals surface area contributed by atoms with E-state index in [9.17, 15) is 0 Å². The van der Waals surface area contributed by atoms with Crippen LogP contribution in [0.4, 0.5) is 5.69 Å². The van der Waals surface area contributed by atoms with Crippen LogP contribution in [0, 0.1) is 0 Å². The molecule has 0 aliphatic heterocycles. The normalized spacial score (nSPS) is 11.1. The molecule has 3 rings (SSSR count). The lowest BCUT2D eigenvalue weighted by molar-refractivity contribution is 0.303. The van der Waals surface area contributed by atoms with Gasteiger partial charge < -0.3 is 20.5 Å². The highest BCUT2D eigenvalue weighted by Crippen LogP contribution is 2.21. The molecule has 27 heavy (non-hydrogen) atoms. The van der Waals surface area contributed by atoms with Crippen LogP contribution in [0.15, 0.2) is 83.9 Å². The number of rotatable bonds is 7. The van der Waals surface area contributed by atoms with Crippen molar-refractivity contribution in [2.75, 3.05) is 12.4 Å². The molecule has 0 unspecified atom stereocenters. The van der Waals surface area contributed by atoms with Crippen molar-refractivity contribution >= 4 is 11.6 Å². The van der Waals surface area contributed by atoms with Crippen molar-refractivity contribution in [3.8, 4) is 11.5 Å². The molecule has 3 N–H and O–H groups in total. The summed E-state index contributed by atoms with van der Waals surface area (Å²) in [4.78, 5) is 4.42. The van der Waals surface area contributed by atoms with E-state index in [2.05, 4.69) is 10.3 Å². The molecule has 0 fully saturated rings. The second kappa shape index (κ2) is 9.29. The van der Waals surface area contributed by atoms with Crippen molar-refractivity contribution in [1.29, 1.82) is 0 Å². The first-order valence-corrected chi connectivity index (χ1v) is 8.70. The first-order chi connectivity index (χ1) is 13.2. The van der Waals surface area contributed by atoms with Crippen LogP contribution in [0.25, 0.3) is 0 Å². The molecular formula is C22H23N3O2. The molecule has 0 saturated carbocycles. The molecular weight excluding hydrogens is 338 g/mol. The lowest BCUT2D eigenvalue weighted by Crippen LogP contribution is -2.22. The molecule has 0 heterocycles. The lowest BCUT2D eigenvalue weighted by atomic mass is 10.2. The zero-order chi connectivity index (χ0) is 18.9. The summed E-state index contributed by atoms with van der Waals surface area (Å²) in [6, 6.07) is 25.4. The van der Waals surface area contributed by atoms with Crippen LogP contribution in [0.1, 0.15) is 11.1 Å². The molecule has 0 radical (unpaired) electrons. The number of nitrogens with two attached hydrogens (primary N) is 1. The van der Waals surface area contributed by atoms with Gasteiger partial charge in [-0.3, -0.25) is 0 Å². The van der Waals surface area contributed by atoms with Crippen LogP contribution in [0.2, 0.25) is 0 Å². The van der Waals surface area contributed by atoms with E-state index < -0.39 is 0 Å². The Kier molecular flexibility index (Phi) is 6.30. The third-order valence-corrected chi connectivity index (χ3v) is 3.97. The van der Waals surface area contributed by atoms with Gasteiger partial charge in [-0.25, -0.2) is 4.99 Å². The van der Waals surface area contributed by atoms with Gasteiger partial charge in [0, 0.05) is 17.3 Å². The predicted octanol–water partition coefficient (Wildman–Crippen LogP) is 4.20. The smallest absolute Gasteiger partial charge is 0.193 e. The third kappa shape index (κ3) is 5.51. The monoisotopic (exact) mass is 361 g/mol. The molecule has 0 amide bonds. The Morgan fingerprint density at radius 1 is 0.963 bits per heavy atom. The Morgan fingerprint density at radius 3 is 2.56 bits per heavy atom. The Hall–Kier alpha value is -3.47. The van der Waals surface area contributed by atoms with E-state index in [0.29, 0.717) is 19.1 Å². The van der Waals surface area contributed by atoms with Gasteiger partial charge in [0.1, 0.15) is 18.1 Å². The average molecular weight is 361 g/mol. The summed E-state index contributed by atoms with van der Waals surface area (Å²) < 4.78 is 11.2. The highest BCUT2D eigenvalue weighted by molar-refractivity contribution is 5.92. The van der Waals surface area contributed by atoms with Crippen molar-refractivity contribution in [3.63, 3.8) is 0 Å². The number of benzene rings is 3. The van der Waals surface area contributed by atoms with Gasteiger partial charge in [-0.15, -0.1) is 0 Å². The van der Waals surface area contributed by atoms with E-state index in [1.165, 1.54) is 0 Å². The number of aliphatic imine (C=N–C) groups is 1. The topological polar surface area (TPSA) is 68.9 Å². The molecule has 0 aliphatic rings. The van der Waals surface area contributed by atoms with Crippen LogP contribution in [-0.2, 0) is 13.2 Å². The van der Waals surface area contributed by atoms with E-state index in [1.807, 2.05) is 78.9 Å². The van der Waals surface area contributed by atoms with Gasteiger partial charge >= 0.3 is 0 Å². The molecule has 0 aromatic heterocycles. The summed E-state index contributed by atoms with van der Waals surface area (Å²) in [7, 11) is 1.63. The predicted molar refractivity (Wildman–Crippen MR) is 109 cm³/mol. The van der Waals surface area contributed by atoms with Gasteiger partial charge in [0.05, 0.1) is 13.7 Å². The van der Waals surface area contributed by atoms with Gasteiger partial charge in [-0.05, 0) is 23.8 Å². The maximum atomic E-state index is 6.02. The first-order valence-electron chi connectivity index (χ1n) is 8.70. The highest BCUT2D eigenvalue weighted by Gasteiger charge is 2.04. The van der Waals surface area contributed by atoms with E-state index in [1.54, 1.807) is 7.11 Å². The van der Waals surface area contributed by atoms with E-state index in [4.69, 9.17) is 15.2 Å². The quantitative estimate of drug-likeness (QED) is 0.489. The largest absolute Gasteiger partial charge is 0.497 e. The third-order valence-electron chi connectivity index (χ3n) is 3.97. The Morgan fingerprint density at radius 2 is 1.74 bits per heavy atom. The average Bonchev–Trinajstić information content (AvgIpc) is 2.72. The van der Waals surface area contributed by atoms with Crippen LogP contribution in [-0.4, -0.2) is 13.1 Å². The van der Waals surface area contributed by atoms with Gasteiger partial charge in [-0.2, -0.15) is 0 Å². The fourth-order valence-corrected chi connectivity index (χ4v) is 2.57. The number of anilines is 1. The zero-order valence-corrected chi connectivity index (χ0v) is 15.3. The molecule has 0 bridgehead atoms. The van der Waals surface area contributed by atoms with Crippen molar-refractivity contribution in [1.82, 2.24) is 0 Å². The van der Waals surface area contributed by atoms with Gasteiger partial charge in [0.25, 0.3) is 0 Å². The number of methoxy groups -OCH3 is 1. The number of ether oxygens (including phenoxy) is 2. The first kappa shape index (κ1) is 18.3. The number of hydrogen-bond acceptors (Lipinski definition) is 3. The molecule has 0 atom stereocenters. The van der Waals surface area contributed by atoms with E-state index in [-0.39, 0.29) is 0 Å². The summed E-state index contributed by atoms with van der Waals surface area (Å²) in [6.07, 6.45) is 0. The maximum absolute atomic E-state index is 6.02. The molecule has 5 heteroatoms. The zero-order valence-electron chi connectivity index (χ0n) is 15.3. The van der Waals surface area contributed by atoms with Gasteiger partial charge in [-0.1, -0.05) is 54.6 Å². The molecule has 138 valence electrons. The minimum Gasteiger partial charge on any atom is -0.497 e. The molecule has 3 aromatic carbocycles. The molecule has 5 nitrogen and oxygen atoms in total. The van der Waals surface area contributed by atoms with Crippen LogP contribution in [0.3, 0.4) is 0 Å². The van der Waals surface area contributed by atoms with Crippen molar-refractivity contribution in [3.05, 3.63) is 90.0 Å². The van der Waals surface area contributed by atoms with Crippen molar-refractivity contribution < 1.29 is 9.47 Å². The fourth-order valence-electron chi connectivity index (χ4n) is 2.57. The molecule has 0 saturated heterocycles. The standard InChI is InChI=1S/C22H23N3O2/c1-26-20-12-7-11-19(14-20)25-22(23)24-15-18-10-5-6-13-21(18)27-16-17-8-3-2-4-9-17/h2-14H,15-16H2,1H3,(H3,23,24,25). The number of guanidine groups is 1. The number of nitrogens with zero attached hydrogens (tertiary/aromatic N) is 1. The minimum atomic E-state index is 0.334. The Bertz CT molecular complexity index is 895. The van der Waals surface area contributed by atoms with Crippen LogP contribution >= 0.6 is 0 Å². The summed E-state index contributed by atoms with van der Waals surface area (Å²) in [5.74, 6) is 1.90. The van der Waals surface area contributed by atoms with Crippen LogP contribution < -0.4 is 20.5 Å². The summed E-state index contributed by atoms with van der Waals surface area (Å²) in [6.45, 7) is 0.937. The molecule has 0 spiro atoms.